The molecule has 1 aromatic carbocycles. The smallest absolute Gasteiger partial charge is 0.227 e. The van der Waals surface area contributed by atoms with Crippen LogP contribution >= 0.6 is 0 Å². The minimum Gasteiger partial charge on any atom is -0.497 e. The maximum Gasteiger partial charge on any atom is 0.227 e. The van der Waals surface area contributed by atoms with Gasteiger partial charge in [-0.15, -0.1) is 0 Å². The van der Waals surface area contributed by atoms with E-state index in [4.69, 9.17) is 9.47 Å². The second-order valence-electron chi connectivity index (χ2n) is 9.10. The Morgan fingerprint density at radius 1 is 1.27 bits per heavy atom. The first-order valence-corrected chi connectivity index (χ1v) is 11.6. The number of piperidine rings is 1. The van der Waals surface area contributed by atoms with Gasteiger partial charge >= 0.3 is 0 Å². The first kappa shape index (κ1) is 21.6. The quantitative estimate of drug-likeness (QED) is 0.669. The third-order valence-electron chi connectivity index (χ3n) is 7.47. The molecule has 1 aliphatic carbocycles. The molecule has 0 radical (unpaired) electrons. The molecular weight excluding hydrogens is 378 g/mol. The molecular formula is C24H37N3O3. The van der Waals surface area contributed by atoms with Crippen LogP contribution in [-0.4, -0.2) is 69.9 Å². The lowest BCUT2D eigenvalue weighted by Crippen LogP contribution is -2.60. The highest BCUT2D eigenvalue weighted by molar-refractivity contribution is 5.83. The number of amides is 1. The predicted molar refractivity (Wildman–Crippen MR) is 118 cm³/mol. The average Bonchev–Trinajstić information content (AvgIpc) is 2.82. The van der Waals surface area contributed by atoms with Crippen molar-refractivity contribution in [1.29, 1.82) is 0 Å². The highest BCUT2D eigenvalue weighted by atomic mass is 16.5. The van der Waals surface area contributed by atoms with Gasteiger partial charge in [0.2, 0.25) is 5.91 Å². The van der Waals surface area contributed by atoms with Gasteiger partial charge in [-0.05, 0) is 68.7 Å². The number of morpholine rings is 1. The Hall–Kier alpha value is -1.63. The highest BCUT2D eigenvalue weighted by Gasteiger charge is 2.50. The fourth-order valence-electron chi connectivity index (χ4n) is 5.63. The molecule has 1 amide bonds. The maximum absolute atomic E-state index is 13.3. The number of ether oxygens (including phenoxy) is 2. The third-order valence-corrected chi connectivity index (χ3v) is 7.47. The van der Waals surface area contributed by atoms with Gasteiger partial charge in [0.25, 0.3) is 0 Å². The Bertz CT molecular complexity index is 689. The number of hydrogen-bond donors (Lipinski definition) is 2. The van der Waals surface area contributed by atoms with E-state index in [0.29, 0.717) is 12.0 Å². The van der Waals surface area contributed by atoms with Gasteiger partial charge in [-0.25, -0.2) is 0 Å². The largest absolute Gasteiger partial charge is 0.497 e. The van der Waals surface area contributed by atoms with Crippen LogP contribution in [0.3, 0.4) is 0 Å². The van der Waals surface area contributed by atoms with Crippen molar-refractivity contribution in [3.05, 3.63) is 29.8 Å². The van der Waals surface area contributed by atoms with E-state index in [1.807, 2.05) is 12.1 Å². The molecule has 3 atom stereocenters. The summed E-state index contributed by atoms with van der Waals surface area (Å²) in [6, 6.07) is 8.82. The van der Waals surface area contributed by atoms with Crippen molar-refractivity contribution in [3.8, 4) is 5.75 Å². The van der Waals surface area contributed by atoms with Crippen molar-refractivity contribution in [2.24, 2.45) is 11.3 Å². The molecule has 0 spiro atoms. The molecule has 2 saturated heterocycles. The highest BCUT2D eigenvalue weighted by Crippen LogP contribution is 2.46. The first-order chi connectivity index (χ1) is 14.7. The minimum absolute atomic E-state index is 0.221. The summed E-state index contributed by atoms with van der Waals surface area (Å²) >= 11 is 0. The van der Waals surface area contributed by atoms with E-state index in [1.54, 1.807) is 7.11 Å². The lowest BCUT2D eigenvalue weighted by atomic mass is 9.61. The molecule has 2 aliphatic heterocycles. The monoisotopic (exact) mass is 415 g/mol. The summed E-state index contributed by atoms with van der Waals surface area (Å²) in [5.41, 5.74) is 1.06. The van der Waals surface area contributed by atoms with Gasteiger partial charge in [0.05, 0.1) is 25.7 Å². The van der Waals surface area contributed by atoms with Crippen LogP contribution in [0, 0.1) is 11.3 Å². The van der Waals surface area contributed by atoms with E-state index >= 15 is 0 Å². The molecule has 1 aromatic rings. The molecule has 1 saturated carbocycles. The fraction of sp³-hybridized carbons (Fsp3) is 0.708. The number of methoxy groups -OCH3 is 1. The molecule has 0 bridgehead atoms. The lowest BCUT2D eigenvalue weighted by molar-refractivity contribution is -0.140. The number of fused-ring (bicyclic) bond motifs is 1. The van der Waals surface area contributed by atoms with Crippen molar-refractivity contribution in [1.82, 2.24) is 15.5 Å². The summed E-state index contributed by atoms with van der Waals surface area (Å²) in [4.78, 5) is 15.9. The molecule has 166 valence electrons. The van der Waals surface area contributed by atoms with Crippen LogP contribution in [0.5, 0.6) is 5.75 Å². The topological polar surface area (TPSA) is 62.8 Å². The summed E-state index contributed by atoms with van der Waals surface area (Å²) < 4.78 is 10.7. The van der Waals surface area contributed by atoms with Gasteiger partial charge < -0.3 is 20.1 Å². The first-order valence-electron chi connectivity index (χ1n) is 11.6. The molecule has 3 fully saturated rings. The van der Waals surface area contributed by atoms with E-state index in [9.17, 15) is 4.79 Å². The summed E-state index contributed by atoms with van der Waals surface area (Å²) in [6.07, 6.45) is 6.32. The zero-order valence-corrected chi connectivity index (χ0v) is 18.3. The van der Waals surface area contributed by atoms with E-state index in [-0.39, 0.29) is 11.3 Å². The molecule has 6 nitrogen and oxygen atoms in total. The Kier molecular flexibility index (Phi) is 7.28. The summed E-state index contributed by atoms with van der Waals surface area (Å²) in [5.74, 6) is 1.64. The number of nitrogens with one attached hydrogen (secondary N) is 2. The van der Waals surface area contributed by atoms with E-state index in [0.717, 1.165) is 90.2 Å². The Balaban J connectivity index is 1.29. The molecule has 2 heterocycles. The number of benzene rings is 1. The predicted octanol–water partition coefficient (Wildman–Crippen LogP) is 2.22. The second kappa shape index (κ2) is 10.1. The SMILES string of the molecule is COc1ccc(CCCNC(=O)[C@@]23CC[C@@H](N4CCOCC4)C[C@H]2CCNC3)cc1. The van der Waals surface area contributed by atoms with Crippen LogP contribution in [0.15, 0.2) is 24.3 Å². The molecule has 4 rings (SSSR count). The summed E-state index contributed by atoms with van der Waals surface area (Å²) in [7, 11) is 1.69. The second-order valence-corrected chi connectivity index (χ2v) is 9.10. The van der Waals surface area contributed by atoms with Crippen LogP contribution in [0.2, 0.25) is 0 Å². The number of rotatable bonds is 7. The molecule has 3 aliphatic rings. The molecule has 2 N–H and O–H groups in total. The number of carbonyl (C=O) groups excluding carboxylic acids is 1. The van der Waals surface area contributed by atoms with Crippen LogP contribution in [0.1, 0.15) is 37.7 Å². The maximum atomic E-state index is 13.3. The van der Waals surface area contributed by atoms with Crippen molar-refractivity contribution in [3.63, 3.8) is 0 Å². The van der Waals surface area contributed by atoms with Crippen molar-refractivity contribution in [2.75, 3.05) is 53.0 Å². The number of aryl methyl sites for hydroxylation is 1. The number of carbonyl (C=O) groups is 1. The zero-order valence-electron chi connectivity index (χ0n) is 18.3. The summed E-state index contributed by atoms with van der Waals surface area (Å²) in [6.45, 7) is 6.39. The Labute approximate surface area is 180 Å². The van der Waals surface area contributed by atoms with Crippen LogP contribution in [0.4, 0.5) is 0 Å². The summed E-state index contributed by atoms with van der Waals surface area (Å²) in [5, 5.41) is 6.81. The van der Waals surface area contributed by atoms with Crippen molar-refractivity contribution < 1.29 is 14.3 Å². The fourth-order valence-corrected chi connectivity index (χ4v) is 5.63. The minimum atomic E-state index is -0.221. The van der Waals surface area contributed by atoms with E-state index in [1.165, 1.54) is 5.56 Å². The van der Waals surface area contributed by atoms with Gasteiger partial charge in [-0.1, -0.05) is 12.1 Å². The molecule has 0 unspecified atom stereocenters. The van der Waals surface area contributed by atoms with E-state index in [2.05, 4.69) is 27.7 Å². The van der Waals surface area contributed by atoms with Crippen LogP contribution in [0.25, 0.3) is 0 Å². The van der Waals surface area contributed by atoms with Crippen molar-refractivity contribution >= 4 is 5.91 Å². The molecule has 0 aromatic heterocycles. The molecule has 30 heavy (non-hydrogen) atoms. The Morgan fingerprint density at radius 3 is 2.83 bits per heavy atom. The number of nitrogens with zero attached hydrogens (tertiary/aromatic N) is 1. The normalized spacial score (nSPS) is 29.8. The lowest BCUT2D eigenvalue weighted by Gasteiger charge is -2.50. The average molecular weight is 416 g/mol. The van der Waals surface area contributed by atoms with Gasteiger partial charge in [0.15, 0.2) is 0 Å². The zero-order chi connectivity index (χ0) is 20.8. The third kappa shape index (κ3) is 4.82. The van der Waals surface area contributed by atoms with Gasteiger partial charge in [-0.2, -0.15) is 0 Å². The van der Waals surface area contributed by atoms with Crippen LogP contribution in [-0.2, 0) is 16.0 Å². The van der Waals surface area contributed by atoms with Gasteiger partial charge in [-0.3, -0.25) is 9.69 Å². The number of hydrogen-bond acceptors (Lipinski definition) is 5. The van der Waals surface area contributed by atoms with Gasteiger partial charge in [0.1, 0.15) is 5.75 Å². The van der Waals surface area contributed by atoms with Gasteiger partial charge in [0, 0.05) is 32.2 Å². The van der Waals surface area contributed by atoms with E-state index < -0.39 is 0 Å². The standard InChI is InChI=1S/C24H37N3O3/c1-29-22-6-4-19(5-7-22)3-2-11-26-23(28)24-10-8-21(27-13-15-30-16-14-27)17-20(24)9-12-25-18-24/h4-7,20-21,25H,2-3,8-18H2,1H3,(H,26,28)/t20-,21-,24-/m1/s1. The van der Waals surface area contributed by atoms with Crippen molar-refractivity contribution in [2.45, 2.75) is 44.6 Å². The molecule has 6 heteroatoms. The Morgan fingerprint density at radius 2 is 2.07 bits per heavy atom. The van der Waals surface area contributed by atoms with Crippen LogP contribution < -0.4 is 15.4 Å².